The number of hydrogen-bond donors (Lipinski definition) is 1. The number of thiocarbonyl (C=S) groups is 1. The highest BCUT2D eigenvalue weighted by atomic mass is 32.1. The van der Waals surface area contributed by atoms with Crippen molar-refractivity contribution in [1.29, 1.82) is 0 Å². The Hall–Kier alpha value is -4.04. The minimum absolute atomic E-state index is 0.108. The summed E-state index contributed by atoms with van der Waals surface area (Å²) in [6.45, 7) is 4.56. The van der Waals surface area contributed by atoms with Crippen LogP contribution >= 0.6 is 12.2 Å². The van der Waals surface area contributed by atoms with Crippen LogP contribution in [0.4, 0.5) is 11.4 Å². The Bertz CT molecular complexity index is 1470. The van der Waals surface area contributed by atoms with Gasteiger partial charge in [-0.25, -0.2) is 0 Å². The zero-order valence-corrected chi connectivity index (χ0v) is 22.1. The maximum atomic E-state index is 5.92. The molecule has 2 aromatic heterocycles. The van der Waals surface area contributed by atoms with E-state index in [1.807, 2.05) is 36.5 Å². The summed E-state index contributed by atoms with van der Waals surface area (Å²) in [4.78, 5) is 8.98. The molecular weight excluding hydrogens is 482 g/mol. The predicted molar refractivity (Wildman–Crippen MR) is 150 cm³/mol. The van der Waals surface area contributed by atoms with Gasteiger partial charge in [0.1, 0.15) is 0 Å². The minimum atomic E-state index is -0.121. The van der Waals surface area contributed by atoms with Gasteiger partial charge in [-0.2, -0.15) is 0 Å². The van der Waals surface area contributed by atoms with Gasteiger partial charge in [-0.1, -0.05) is 6.07 Å². The second-order valence-electron chi connectivity index (χ2n) is 9.61. The van der Waals surface area contributed by atoms with Gasteiger partial charge in [-0.05, 0) is 86.2 Å². The van der Waals surface area contributed by atoms with Crippen LogP contribution in [0, 0.1) is 13.8 Å². The third-order valence-electron chi connectivity index (χ3n) is 7.15. The highest BCUT2D eigenvalue weighted by Crippen LogP contribution is 2.46. The number of aryl methyl sites for hydroxylation is 1. The molecule has 1 saturated heterocycles. The molecule has 2 unspecified atom stereocenters. The van der Waals surface area contributed by atoms with Crippen LogP contribution in [0.3, 0.4) is 0 Å². The number of hydrogen-bond acceptors (Lipinski definition) is 5. The number of benzene rings is 2. The topological polar surface area (TPSA) is 54.8 Å². The van der Waals surface area contributed by atoms with Crippen LogP contribution in [0.1, 0.15) is 34.7 Å². The van der Waals surface area contributed by atoms with E-state index in [1.165, 1.54) is 16.9 Å². The summed E-state index contributed by atoms with van der Waals surface area (Å²) in [5, 5.41) is 4.21. The number of rotatable bonds is 5. The quantitative estimate of drug-likeness (QED) is 0.357. The van der Waals surface area contributed by atoms with Crippen molar-refractivity contribution in [3.63, 3.8) is 0 Å². The SMILES string of the molecule is Cc1cc(C2C(c3ccccn3)NC(=S)N2c2ccc3c(c2)OCO3)c(C)n1-c1ccc(N(C)C)cc1. The van der Waals surface area contributed by atoms with E-state index in [-0.39, 0.29) is 18.9 Å². The van der Waals surface area contributed by atoms with Gasteiger partial charge in [0.2, 0.25) is 6.79 Å². The van der Waals surface area contributed by atoms with Crippen LogP contribution < -0.4 is 24.6 Å². The summed E-state index contributed by atoms with van der Waals surface area (Å²) < 4.78 is 13.5. The van der Waals surface area contributed by atoms with Crippen LogP contribution in [0.25, 0.3) is 5.69 Å². The van der Waals surface area contributed by atoms with Crippen LogP contribution in [-0.4, -0.2) is 35.6 Å². The van der Waals surface area contributed by atoms with E-state index < -0.39 is 0 Å². The van der Waals surface area contributed by atoms with Crippen molar-refractivity contribution in [2.24, 2.45) is 0 Å². The van der Waals surface area contributed by atoms with E-state index in [4.69, 9.17) is 26.7 Å². The zero-order valence-electron chi connectivity index (χ0n) is 21.3. The van der Waals surface area contributed by atoms with E-state index in [9.17, 15) is 0 Å². The molecule has 4 heterocycles. The van der Waals surface area contributed by atoms with Crippen molar-refractivity contribution in [3.05, 3.63) is 95.6 Å². The van der Waals surface area contributed by atoms with E-state index in [0.717, 1.165) is 34.3 Å². The van der Waals surface area contributed by atoms with Gasteiger partial charge in [-0.15, -0.1) is 0 Å². The van der Waals surface area contributed by atoms with E-state index in [1.54, 1.807) is 0 Å². The Balaban J connectivity index is 1.48. The zero-order chi connectivity index (χ0) is 25.7. The molecule has 2 aromatic carbocycles. The standard InChI is InChI=1S/C29H29N5O2S/c1-18-15-23(19(2)33(18)21-10-8-20(9-11-21)32(3)4)28-27(24-7-5-6-14-30-24)31-29(37)34(28)22-12-13-25-26(16-22)36-17-35-25/h5-16,27-28H,17H2,1-4H3,(H,31,37). The third kappa shape index (κ3) is 3.97. The average molecular weight is 512 g/mol. The molecule has 1 fully saturated rings. The van der Waals surface area contributed by atoms with Gasteiger partial charge >= 0.3 is 0 Å². The molecule has 4 aromatic rings. The molecule has 8 heteroatoms. The van der Waals surface area contributed by atoms with Crippen molar-refractivity contribution in [2.45, 2.75) is 25.9 Å². The van der Waals surface area contributed by atoms with Crippen molar-refractivity contribution < 1.29 is 9.47 Å². The fraction of sp³-hybridized carbons (Fsp3) is 0.241. The Morgan fingerprint density at radius 3 is 2.43 bits per heavy atom. The molecule has 2 aliphatic heterocycles. The number of anilines is 2. The molecule has 0 spiro atoms. The van der Waals surface area contributed by atoms with Crippen molar-refractivity contribution >= 4 is 28.7 Å². The van der Waals surface area contributed by atoms with Crippen molar-refractivity contribution in [1.82, 2.24) is 14.9 Å². The lowest BCUT2D eigenvalue weighted by Crippen LogP contribution is -2.29. The first-order valence-electron chi connectivity index (χ1n) is 12.3. The lowest BCUT2D eigenvalue weighted by molar-refractivity contribution is 0.174. The molecule has 0 saturated carbocycles. The highest BCUT2D eigenvalue weighted by molar-refractivity contribution is 7.80. The number of nitrogens with zero attached hydrogens (tertiary/aromatic N) is 4. The number of nitrogens with one attached hydrogen (secondary N) is 1. The minimum Gasteiger partial charge on any atom is -0.454 e. The molecule has 1 N–H and O–H groups in total. The molecule has 0 aliphatic carbocycles. The first-order valence-corrected chi connectivity index (χ1v) is 12.7. The fourth-order valence-corrected chi connectivity index (χ4v) is 5.71. The maximum Gasteiger partial charge on any atom is 0.231 e. The van der Waals surface area contributed by atoms with Crippen LogP contribution in [0.15, 0.2) is 72.9 Å². The summed E-state index contributed by atoms with van der Waals surface area (Å²) in [5.74, 6) is 1.48. The largest absolute Gasteiger partial charge is 0.454 e. The molecule has 7 nitrogen and oxygen atoms in total. The Morgan fingerprint density at radius 1 is 0.946 bits per heavy atom. The lowest BCUT2D eigenvalue weighted by Gasteiger charge is -2.28. The molecule has 0 radical (unpaired) electrons. The smallest absolute Gasteiger partial charge is 0.231 e. The van der Waals surface area contributed by atoms with Crippen LogP contribution in [0.5, 0.6) is 11.5 Å². The Morgan fingerprint density at radius 2 is 1.70 bits per heavy atom. The number of ether oxygens (including phenoxy) is 2. The maximum absolute atomic E-state index is 5.92. The molecule has 0 bridgehead atoms. The fourth-order valence-electron chi connectivity index (χ4n) is 5.37. The van der Waals surface area contributed by atoms with E-state index in [2.05, 4.69) is 84.0 Å². The van der Waals surface area contributed by atoms with Crippen LogP contribution in [-0.2, 0) is 0 Å². The van der Waals surface area contributed by atoms with E-state index >= 15 is 0 Å². The van der Waals surface area contributed by atoms with Crippen molar-refractivity contribution in [2.75, 3.05) is 30.7 Å². The second-order valence-corrected chi connectivity index (χ2v) is 9.99. The van der Waals surface area contributed by atoms with Gasteiger partial charge in [0.25, 0.3) is 0 Å². The summed E-state index contributed by atoms with van der Waals surface area (Å²) >= 11 is 5.92. The average Bonchev–Trinajstić information content (AvgIpc) is 3.59. The molecule has 188 valence electrons. The first-order chi connectivity index (χ1) is 17.9. The van der Waals surface area contributed by atoms with E-state index in [0.29, 0.717) is 5.11 Å². The van der Waals surface area contributed by atoms with Gasteiger partial charge in [0.15, 0.2) is 16.6 Å². The number of pyridine rings is 1. The molecule has 2 aliphatic rings. The summed E-state index contributed by atoms with van der Waals surface area (Å²) in [5.41, 5.74) is 7.70. The summed E-state index contributed by atoms with van der Waals surface area (Å²) in [6.07, 6.45) is 1.83. The summed E-state index contributed by atoms with van der Waals surface area (Å²) in [7, 11) is 4.11. The second kappa shape index (κ2) is 9.12. The molecular formula is C29H29N5O2S. The Kier molecular flexibility index (Phi) is 5.76. The number of fused-ring (bicyclic) bond motifs is 1. The molecule has 37 heavy (non-hydrogen) atoms. The molecule has 6 rings (SSSR count). The Labute approximate surface area is 222 Å². The van der Waals surface area contributed by atoms with Gasteiger partial charge < -0.3 is 29.2 Å². The monoisotopic (exact) mass is 511 g/mol. The third-order valence-corrected chi connectivity index (χ3v) is 7.46. The van der Waals surface area contributed by atoms with Gasteiger partial charge in [-0.3, -0.25) is 4.98 Å². The van der Waals surface area contributed by atoms with Gasteiger partial charge in [0, 0.05) is 54.8 Å². The molecule has 2 atom stereocenters. The number of aromatic nitrogens is 2. The summed E-state index contributed by atoms with van der Waals surface area (Å²) in [6, 6.07) is 22.7. The predicted octanol–water partition coefficient (Wildman–Crippen LogP) is 5.46. The van der Waals surface area contributed by atoms with Crippen LogP contribution in [0.2, 0.25) is 0 Å². The molecule has 0 amide bonds. The van der Waals surface area contributed by atoms with Gasteiger partial charge in [0.05, 0.1) is 17.8 Å². The lowest BCUT2D eigenvalue weighted by atomic mass is 9.96. The van der Waals surface area contributed by atoms with Crippen molar-refractivity contribution in [3.8, 4) is 17.2 Å². The highest BCUT2D eigenvalue weighted by Gasteiger charge is 2.42. The first kappa shape index (κ1) is 23.4. The normalized spacial score (nSPS) is 18.3.